The lowest BCUT2D eigenvalue weighted by atomic mass is 10.3. The van der Waals surface area contributed by atoms with Crippen molar-refractivity contribution in [2.75, 3.05) is 7.05 Å². The van der Waals surface area contributed by atoms with Crippen LogP contribution < -0.4 is 0 Å². The van der Waals surface area contributed by atoms with Crippen molar-refractivity contribution >= 4 is 48.8 Å². The second-order valence-corrected chi connectivity index (χ2v) is 7.39. The Labute approximate surface area is 106 Å². The van der Waals surface area contributed by atoms with Crippen LogP contribution >= 0.6 is 33.6 Å². The molecule has 1 N–H and O–H groups in total. The van der Waals surface area contributed by atoms with E-state index in [-0.39, 0.29) is 15.1 Å². The standard InChI is InChI=1S/C7H7Cl2NO4S2/c1-10(7(11)12)3-4-2-5(15-6(4)8)16(9,13)14/h2H,3H2,1H3,(H,11,12). The molecule has 1 rings (SSSR count). The van der Waals surface area contributed by atoms with Crippen molar-refractivity contribution in [3.05, 3.63) is 16.0 Å². The largest absolute Gasteiger partial charge is 0.465 e. The van der Waals surface area contributed by atoms with Gasteiger partial charge in [0.2, 0.25) is 0 Å². The molecule has 0 atom stereocenters. The molecule has 0 aliphatic heterocycles. The molecule has 0 aromatic carbocycles. The van der Waals surface area contributed by atoms with E-state index in [1.54, 1.807) is 0 Å². The first-order chi connectivity index (χ1) is 7.21. The molecule has 0 aliphatic carbocycles. The van der Waals surface area contributed by atoms with E-state index in [1.807, 2.05) is 0 Å². The van der Waals surface area contributed by atoms with Gasteiger partial charge in [0.15, 0.2) is 0 Å². The monoisotopic (exact) mass is 303 g/mol. The minimum Gasteiger partial charge on any atom is -0.465 e. The molecule has 0 saturated carbocycles. The Hall–Kier alpha value is -0.500. The highest BCUT2D eigenvalue weighted by Gasteiger charge is 2.18. The Morgan fingerprint density at radius 2 is 2.19 bits per heavy atom. The van der Waals surface area contributed by atoms with Gasteiger partial charge in [-0.2, -0.15) is 0 Å². The number of thiophene rings is 1. The van der Waals surface area contributed by atoms with Crippen molar-refractivity contribution in [3.63, 3.8) is 0 Å². The number of nitrogens with zero attached hydrogens (tertiary/aromatic N) is 1. The van der Waals surface area contributed by atoms with Gasteiger partial charge in [0.25, 0.3) is 9.05 Å². The molecule has 1 aromatic rings. The number of carboxylic acid groups (broad SMARTS) is 1. The van der Waals surface area contributed by atoms with Gasteiger partial charge in [-0.15, -0.1) is 11.3 Å². The fraction of sp³-hybridized carbons (Fsp3) is 0.286. The van der Waals surface area contributed by atoms with Crippen LogP contribution in [0.15, 0.2) is 10.3 Å². The Balaban J connectivity index is 3.00. The molecule has 5 nitrogen and oxygen atoms in total. The van der Waals surface area contributed by atoms with Crippen molar-refractivity contribution < 1.29 is 18.3 Å². The summed E-state index contributed by atoms with van der Waals surface area (Å²) in [5.74, 6) is 0. The first kappa shape index (κ1) is 13.6. The van der Waals surface area contributed by atoms with Gasteiger partial charge in [0.05, 0.1) is 10.9 Å². The lowest BCUT2D eigenvalue weighted by molar-refractivity contribution is 0.154. The molecule has 1 amide bonds. The molecular weight excluding hydrogens is 297 g/mol. The third-order valence-electron chi connectivity index (χ3n) is 1.71. The van der Waals surface area contributed by atoms with Gasteiger partial charge in [0.1, 0.15) is 4.21 Å². The summed E-state index contributed by atoms with van der Waals surface area (Å²) < 4.78 is 22.1. The second kappa shape index (κ2) is 4.79. The Morgan fingerprint density at radius 3 is 2.56 bits per heavy atom. The van der Waals surface area contributed by atoms with Gasteiger partial charge in [-0.1, -0.05) is 11.6 Å². The third-order valence-corrected chi connectivity index (χ3v) is 5.22. The van der Waals surface area contributed by atoms with Crippen LogP contribution in [-0.4, -0.2) is 31.6 Å². The Kier molecular flexibility index (Phi) is 4.06. The smallest absolute Gasteiger partial charge is 0.407 e. The number of hydrogen-bond donors (Lipinski definition) is 1. The summed E-state index contributed by atoms with van der Waals surface area (Å²) in [7, 11) is 2.67. The van der Waals surface area contributed by atoms with Gasteiger partial charge >= 0.3 is 6.09 Å². The fourth-order valence-electron chi connectivity index (χ4n) is 0.933. The highest BCUT2D eigenvalue weighted by molar-refractivity contribution is 8.15. The molecule has 16 heavy (non-hydrogen) atoms. The van der Waals surface area contributed by atoms with E-state index in [2.05, 4.69) is 0 Å². The minimum atomic E-state index is -3.82. The molecule has 0 fully saturated rings. The lowest BCUT2D eigenvalue weighted by Crippen LogP contribution is -2.23. The highest BCUT2D eigenvalue weighted by Crippen LogP contribution is 2.33. The van der Waals surface area contributed by atoms with Crippen LogP contribution in [-0.2, 0) is 15.6 Å². The van der Waals surface area contributed by atoms with Crippen LogP contribution in [0.3, 0.4) is 0 Å². The van der Waals surface area contributed by atoms with Crippen LogP contribution in [0.4, 0.5) is 4.79 Å². The van der Waals surface area contributed by atoms with Gasteiger partial charge in [-0.25, -0.2) is 13.2 Å². The maximum Gasteiger partial charge on any atom is 0.407 e. The average Bonchev–Trinajstić information content (AvgIpc) is 2.47. The molecule has 0 aliphatic rings. The zero-order valence-electron chi connectivity index (χ0n) is 7.98. The highest BCUT2D eigenvalue weighted by atomic mass is 35.7. The summed E-state index contributed by atoms with van der Waals surface area (Å²) in [6, 6.07) is 1.27. The summed E-state index contributed by atoms with van der Waals surface area (Å²) in [4.78, 5) is 11.5. The van der Waals surface area contributed by atoms with E-state index in [1.165, 1.54) is 13.1 Å². The van der Waals surface area contributed by atoms with Crippen LogP contribution in [0.5, 0.6) is 0 Å². The quantitative estimate of drug-likeness (QED) is 0.870. The van der Waals surface area contributed by atoms with Crippen LogP contribution in [0, 0.1) is 0 Å². The topological polar surface area (TPSA) is 74.7 Å². The number of rotatable bonds is 3. The lowest BCUT2D eigenvalue weighted by Gasteiger charge is -2.11. The maximum absolute atomic E-state index is 11.0. The number of halogens is 2. The molecule has 1 aromatic heterocycles. The molecule has 0 unspecified atom stereocenters. The van der Waals surface area contributed by atoms with Gasteiger partial charge in [0, 0.05) is 23.3 Å². The van der Waals surface area contributed by atoms with Gasteiger partial charge in [-0.05, 0) is 6.07 Å². The van der Waals surface area contributed by atoms with Crippen molar-refractivity contribution in [1.82, 2.24) is 4.90 Å². The second-order valence-electron chi connectivity index (χ2n) is 2.94. The maximum atomic E-state index is 11.0. The molecule has 9 heteroatoms. The van der Waals surface area contributed by atoms with E-state index in [9.17, 15) is 13.2 Å². The van der Waals surface area contributed by atoms with Crippen molar-refractivity contribution in [3.8, 4) is 0 Å². The SMILES string of the molecule is CN(Cc1cc(S(=O)(=O)Cl)sc1Cl)C(=O)O. The zero-order chi connectivity index (χ0) is 12.5. The minimum absolute atomic E-state index is 0.0110. The summed E-state index contributed by atoms with van der Waals surface area (Å²) in [5, 5.41) is 8.64. The van der Waals surface area contributed by atoms with Crippen LogP contribution in [0.1, 0.15) is 5.56 Å². The predicted octanol–water partition coefficient (Wildman–Crippen LogP) is 2.44. The first-order valence-electron chi connectivity index (χ1n) is 3.88. The zero-order valence-corrected chi connectivity index (χ0v) is 11.1. The third kappa shape index (κ3) is 3.24. The summed E-state index contributed by atoms with van der Waals surface area (Å²) in [5.41, 5.74) is 0.413. The molecule has 1 heterocycles. The average molecular weight is 304 g/mol. The van der Waals surface area contributed by atoms with Crippen molar-refractivity contribution in [1.29, 1.82) is 0 Å². The summed E-state index contributed by atoms with van der Waals surface area (Å²) >= 11 is 6.58. The number of amides is 1. The van der Waals surface area contributed by atoms with E-state index in [0.717, 1.165) is 16.2 Å². The van der Waals surface area contributed by atoms with E-state index in [4.69, 9.17) is 27.4 Å². The van der Waals surface area contributed by atoms with E-state index < -0.39 is 15.1 Å². The van der Waals surface area contributed by atoms with E-state index >= 15 is 0 Å². The molecule has 0 spiro atoms. The summed E-state index contributed by atoms with van der Waals surface area (Å²) in [6.45, 7) is 0.0110. The first-order valence-corrected chi connectivity index (χ1v) is 7.39. The van der Waals surface area contributed by atoms with E-state index in [0.29, 0.717) is 5.56 Å². The molecule has 0 saturated heterocycles. The fourth-order valence-corrected chi connectivity index (χ4v) is 3.42. The number of carbonyl (C=O) groups is 1. The predicted molar refractivity (Wildman–Crippen MR) is 61.9 cm³/mol. The van der Waals surface area contributed by atoms with Gasteiger partial charge < -0.3 is 10.0 Å². The molecule has 90 valence electrons. The van der Waals surface area contributed by atoms with Crippen molar-refractivity contribution in [2.45, 2.75) is 10.8 Å². The number of hydrogen-bond acceptors (Lipinski definition) is 4. The molecular formula is C7H7Cl2NO4S2. The van der Waals surface area contributed by atoms with Crippen LogP contribution in [0.2, 0.25) is 4.34 Å². The van der Waals surface area contributed by atoms with Crippen molar-refractivity contribution in [2.24, 2.45) is 0 Å². The summed E-state index contributed by atoms with van der Waals surface area (Å²) in [6.07, 6.45) is -1.13. The Morgan fingerprint density at radius 1 is 1.62 bits per heavy atom. The molecule has 0 bridgehead atoms. The molecule has 0 radical (unpaired) electrons. The van der Waals surface area contributed by atoms with Crippen LogP contribution in [0.25, 0.3) is 0 Å². The Bertz CT molecular complexity index is 510. The normalized spacial score (nSPS) is 11.4. The van der Waals surface area contributed by atoms with Gasteiger partial charge in [-0.3, -0.25) is 0 Å².